The number of rotatable bonds is 7. The second kappa shape index (κ2) is 8.72. The van der Waals surface area contributed by atoms with E-state index in [9.17, 15) is 14.9 Å². The van der Waals surface area contributed by atoms with Gasteiger partial charge in [0, 0.05) is 4.90 Å². The minimum Gasteiger partial charge on any atom is -0.455 e. The van der Waals surface area contributed by atoms with Gasteiger partial charge in [-0.15, -0.1) is 11.8 Å². The van der Waals surface area contributed by atoms with E-state index in [2.05, 4.69) is 11.4 Å². The molecule has 1 atom stereocenters. The van der Waals surface area contributed by atoms with E-state index < -0.39 is 17.4 Å². The molecule has 6 heteroatoms. The normalized spacial score (nSPS) is 13.0. The average Bonchev–Trinajstić information content (AvgIpc) is 2.64. The van der Waals surface area contributed by atoms with Crippen LogP contribution in [0, 0.1) is 17.2 Å². The molecule has 0 aromatic heterocycles. The van der Waals surface area contributed by atoms with Gasteiger partial charge >= 0.3 is 5.97 Å². The number of hydrogen-bond donors (Lipinski definition) is 1. The number of benzene rings is 2. The van der Waals surface area contributed by atoms with Crippen molar-refractivity contribution in [2.24, 2.45) is 5.92 Å². The van der Waals surface area contributed by atoms with Crippen LogP contribution in [0.2, 0.25) is 0 Å². The Morgan fingerprint density at radius 1 is 1.23 bits per heavy atom. The van der Waals surface area contributed by atoms with E-state index in [4.69, 9.17) is 4.74 Å². The maximum atomic E-state index is 11.9. The highest BCUT2D eigenvalue weighted by molar-refractivity contribution is 8.00. The standard InChI is InChI=1S/C20H22N2O3S/c1-14(2)20(3,13-21)22-18(23)11-25-19(24)12-26-17-9-8-15-6-4-5-7-16(15)10-17/h4-10,14H,11-12H2,1-3H3,(H,22,23). The molecule has 0 aliphatic carbocycles. The number of carbonyl (C=O) groups is 2. The Bertz CT molecular complexity index is 844. The summed E-state index contributed by atoms with van der Waals surface area (Å²) in [5.74, 6) is -0.894. The second-order valence-corrected chi connectivity index (χ2v) is 7.52. The van der Waals surface area contributed by atoms with Gasteiger partial charge in [0.25, 0.3) is 5.91 Å². The zero-order valence-electron chi connectivity index (χ0n) is 15.1. The zero-order valence-corrected chi connectivity index (χ0v) is 15.9. The molecular formula is C20H22N2O3S. The SMILES string of the molecule is CC(C)C(C)(C#N)NC(=O)COC(=O)CSc1ccc2ccccc2c1. The summed E-state index contributed by atoms with van der Waals surface area (Å²) < 4.78 is 5.00. The number of thioether (sulfide) groups is 1. The number of hydrogen-bond acceptors (Lipinski definition) is 5. The van der Waals surface area contributed by atoms with Crippen molar-refractivity contribution in [1.29, 1.82) is 5.26 Å². The van der Waals surface area contributed by atoms with E-state index in [0.29, 0.717) is 0 Å². The molecule has 0 bridgehead atoms. The highest BCUT2D eigenvalue weighted by atomic mass is 32.2. The summed E-state index contributed by atoms with van der Waals surface area (Å²) in [4.78, 5) is 24.7. The number of amides is 1. The Hall–Kier alpha value is -2.52. The lowest BCUT2D eigenvalue weighted by molar-refractivity contribution is -0.146. The molecule has 26 heavy (non-hydrogen) atoms. The summed E-state index contributed by atoms with van der Waals surface area (Å²) in [5.41, 5.74) is -0.983. The van der Waals surface area contributed by atoms with Crippen molar-refractivity contribution < 1.29 is 14.3 Å². The van der Waals surface area contributed by atoms with E-state index in [1.165, 1.54) is 11.8 Å². The molecule has 2 rings (SSSR count). The van der Waals surface area contributed by atoms with Crippen molar-refractivity contribution in [2.45, 2.75) is 31.2 Å². The molecule has 136 valence electrons. The lowest BCUT2D eigenvalue weighted by Gasteiger charge is -2.27. The third-order valence-corrected chi connectivity index (χ3v) is 5.20. The van der Waals surface area contributed by atoms with Crippen LogP contribution in [0.3, 0.4) is 0 Å². The summed E-state index contributed by atoms with van der Waals surface area (Å²) in [5, 5.41) is 14.0. The van der Waals surface area contributed by atoms with E-state index in [-0.39, 0.29) is 18.3 Å². The number of nitriles is 1. The van der Waals surface area contributed by atoms with Crippen molar-refractivity contribution in [2.75, 3.05) is 12.4 Å². The molecule has 1 unspecified atom stereocenters. The first-order valence-electron chi connectivity index (χ1n) is 8.33. The molecule has 0 saturated heterocycles. The quantitative estimate of drug-likeness (QED) is 0.596. The van der Waals surface area contributed by atoms with Crippen molar-refractivity contribution in [3.63, 3.8) is 0 Å². The molecule has 0 saturated carbocycles. The summed E-state index contributed by atoms with van der Waals surface area (Å²) in [6, 6.07) is 16.0. The third kappa shape index (κ3) is 5.24. The third-order valence-electron chi connectivity index (χ3n) is 4.23. The van der Waals surface area contributed by atoms with Gasteiger partial charge in [-0.05, 0) is 35.7 Å². The van der Waals surface area contributed by atoms with Crippen LogP contribution >= 0.6 is 11.8 Å². The summed E-state index contributed by atoms with van der Waals surface area (Å²) in [6.07, 6.45) is 0. The molecule has 0 aliphatic heterocycles. The van der Waals surface area contributed by atoms with Crippen LogP contribution in [0.5, 0.6) is 0 Å². The van der Waals surface area contributed by atoms with Crippen LogP contribution in [-0.2, 0) is 14.3 Å². The van der Waals surface area contributed by atoms with Gasteiger partial charge < -0.3 is 10.1 Å². The van der Waals surface area contributed by atoms with Crippen LogP contribution < -0.4 is 5.32 Å². The largest absolute Gasteiger partial charge is 0.455 e. The van der Waals surface area contributed by atoms with Gasteiger partial charge in [-0.25, -0.2) is 0 Å². The fraction of sp³-hybridized carbons (Fsp3) is 0.350. The molecule has 2 aromatic carbocycles. The van der Waals surface area contributed by atoms with E-state index >= 15 is 0 Å². The number of nitrogens with zero attached hydrogens (tertiary/aromatic N) is 1. The first kappa shape index (κ1) is 19.8. The van der Waals surface area contributed by atoms with E-state index in [1.807, 2.05) is 56.3 Å². The lowest BCUT2D eigenvalue weighted by atomic mass is 9.90. The predicted octanol–water partition coefficient (Wildman–Crippen LogP) is 3.53. The molecule has 0 aliphatic rings. The summed E-state index contributed by atoms with van der Waals surface area (Å²) in [7, 11) is 0. The molecule has 0 spiro atoms. The highest BCUT2D eigenvalue weighted by Gasteiger charge is 2.30. The van der Waals surface area contributed by atoms with Gasteiger partial charge in [0.2, 0.25) is 0 Å². The zero-order chi connectivity index (χ0) is 19.2. The van der Waals surface area contributed by atoms with E-state index in [0.717, 1.165) is 15.7 Å². The van der Waals surface area contributed by atoms with Crippen LogP contribution in [0.1, 0.15) is 20.8 Å². The van der Waals surface area contributed by atoms with Crippen LogP contribution in [0.25, 0.3) is 10.8 Å². The number of fused-ring (bicyclic) bond motifs is 1. The highest BCUT2D eigenvalue weighted by Crippen LogP contribution is 2.23. The van der Waals surface area contributed by atoms with Gasteiger partial charge in [0.15, 0.2) is 6.61 Å². The molecular weight excluding hydrogens is 348 g/mol. The van der Waals surface area contributed by atoms with Gasteiger partial charge in [-0.1, -0.05) is 44.2 Å². The first-order chi connectivity index (χ1) is 12.3. The molecule has 2 aromatic rings. The minimum absolute atomic E-state index is 0.0596. The monoisotopic (exact) mass is 370 g/mol. The molecule has 1 N–H and O–H groups in total. The second-order valence-electron chi connectivity index (χ2n) is 6.48. The Labute approximate surface area is 157 Å². The van der Waals surface area contributed by atoms with Crippen LogP contribution in [-0.4, -0.2) is 29.8 Å². The number of esters is 1. The van der Waals surface area contributed by atoms with E-state index in [1.54, 1.807) is 6.92 Å². The molecule has 5 nitrogen and oxygen atoms in total. The molecule has 0 radical (unpaired) electrons. The number of carbonyl (C=O) groups excluding carboxylic acids is 2. The van der Waals surface area contributed by atoms with Crippen molar-refractivity contribution in [3.05, 3.63) is 42.5 Å². The van der Waals surface area contributed by atoms with Crippen LogP contribution in [0.15, 0.2) is 47.4 Å². The Morgan fingerprint density at radius 2 is 1.92 bits per heavy atom. The number of nitrogens with one attached hydrogen (secondary N) is 1. The van der Waals surface area contributed by atoms with Crippen molar-refractivity contribution in [3.8, 4) is 6.07 Å². The van der Waals surface area contributed by atoms with Crippen LogP contribution in [0.4, 0.5) is 0 Å². The van der Waals surface area contributed by atoms with Crippen molar-refractivity contribution in [1.82, 2.24) is 5.32 Å². The maximum absolute atomic E-state index is 11.9. The Kier molecular flexibility index (Phi) is 6.64. The van der Waals surface area contributed by atoms with Gasteiger partial charge in [0.1, 0.15) is 5.54 Å². The predicted molar refractivity (Wildman–Crippen MR) is 103 cm³/mol. The van der Waals surface area contributed by atoms with Crippen molar-refractivity contribution >= 4 is 34.4 Å². The van der Waals surface area contributed by atoms with Gasteiger partial charge in [-0.3, -0.25) is 9.59 Å². The fourth-order valence-electron chi connectivity index (χ4n) is 2.21. The fourth-order valence-corrected chi connectivity index (χ4v) is 2.96. The summed E-state index contributed by atoms with van der Waals surface area (Å²) in [6.45, 7) is 4.94. The average molecular weight is 370 g/mol. The number of ether oxygens (including phenoxy) is 1. The summed E-state index contributed by atoms with van der Waals surface area (Å²) >= 11 is 1.36. The topological polar surface area (TPSA) is 79.2 Å². The molecule has 0 heterocycles. The maximum Gasteiger partial charge on any atom is 0.316 e. The smallest absolute Gasteiger partial charge is 0.316 e. The molecule has 1 amide bonds. The van der Waals surface area contributed by atoms with Gasteiger partial charge in [-0.2, -0.15) is 5.26 Å². The first-order valence-corrected chi connectivity index (χ1v) is 9.32. The Balaban J connectivity index is 1.81. The Morgan fingerprint density at radius 3 is 2.58 bits per heavy atom. The minimum atomic E-state index is -0.983. The molecule has 0 fully saturated rings. The van der Waals surface area contributed by atoms with Gasteiger partial charge in [0.05, 0.1) is 11.8 Å². The lowest BCUT2D eigenvalue weighted by Crippen LogP contribution is -2.50.